The van der Waals surface area contributed by atoms with Crippen molar-refractivity contribution in [1.82, 2.24) is 0 Å². The van der Waals surface area contributed by atoms with Gasteiger partial charge in [-0.15, -0.1) is 0 Å². The van der Waals surface area contributed by atoms with Crippen LogP contribution in [0.25, 0.3) is 5.57 Å². The zero-order chi connectivity index (χ0) is 11.2. The smallest absolute Gasteiger partial charge is 0.00915 e. The molecule has 0 bridgehead atoms. The average molecular weight is 208 g/mol. The van der Waals surface area contributed by atoms with Gasteiger partial charge in [-0.1, -0.05) is 66.7 Å². The topological polar surface area (TPSA) is 0 Å². The summed E-state index contributed by atoms with van der Waals surface area (Å²) in [6, 6.07) is 21.1. The quantitative estimate of drug-likeness (QED) is 0.704. The van der Waals surface area contributed by atoms with Gasteiger partial charge in [0.05, 0.1) is 0 Å². The molecule has 0 heterocycles. The number of rotatable bonds is 3. The molecule has 0 radical (unpaired) electrons. The van der Waals surface area contributed by atoms with Gasteiger partial charge in [0.15, 0.2) is 0 Å². The van der Waals surface area contributed by atoms with Crippen molar-refractivity contribution in [2.24, 2.45) is 0 Å². The molecule has 2 rings (SSSR count). The van der Waals surface area contributed by atoms with Crippen molar-refractivity contribution in [2.75, 3.05) is 0 Å². The minimum atomic E-state index is 1.00. The van der Waals surface area contributed by atoms with Crippen LogP contribution in [0.5, 0.6) is 0 Å². The second kappa shape index (κ2) is 5.32. The third-order valence-corrected chi connectivity index (χ3v) is 2.72. The lowest BCUT2D eigenvalue weighted by Crippen LogP contribution is -1.83. The minimum Gasteiger partial charge on any atom is -0.0766 e. The van der Waals surface area contributed by atoms with Gasteiger partial charge in [0.25, 0.3) is 0 Å². The van der Waals surface area contributed by atoms with Crippen molar-refractivity contribution >= 4 is 5.57 Å². The molecule has 2 aromatic carbocycles. The number of hydrogen-bond donors (Lipinski definition) is 0. The molecule has 0 saturated heterocycles. The van der Waals surface area contributed by atoms with E-state index in [4.69, 9.17) is 0 Å². The van der Waals surface area contributed by atoms with E-state index in [9.17, 15) is 0 Å². The third-order valence-electron chi connectivity index (χ3n) is 2.72. The Balaban J connectivity index is 2.09. The Morgan fingerprint density at radius 1 is 0.875 bits per heavy atom. The fraction of sp³-hybridized carbons (Fsp3) is 0.125. The summed E-state index contributed by atoms with van der Waals surface area (Å²) < 4.78 is 0. The van der Waals surface area contributed by atoms with Crippen molar-refractivity contribution in [1.29, 1.82) is 0 Å². The second-order valence-electron chi connectivity index (χ2n) is 3.94. The van der Waals surface area contributed by atoms with Gasteiger partial charge in [0.2, 0.25) is 0 Å². The Kier molecular flexibility index (Phi) is 3.55. The Morgan fingerprint density at radius 2 is 1.44 bits per heavy atom. The van der Waals surface area contributed by atoms with E-state index >= 15 is 0 Å². The lowest BCUT2D eigenvalue weighted by Gasteiger charge is -2.01. The molecule has 0 aliphatic rings. The van der Waals surface area contributed by atoms with Crippen LogP contribution in [0.2, 0.25) is 0 Å². The molecule has 0 atom stereocenters. The van der Waals surface area contributed by atoms with Crippen LogP contribution in [0.15, 0.2) is 66.7 Å². The molecule has 16 heavy (non-hydrogen) atoms. The molecule has 0 amide bonds. The maximum Gasteiger partial charge on any atom is -0.00915 e. The maximum absolute atomic E-state index is 2.28. The van der Waals surface area contributed by atoms with Crippen molar-refractivity contribution in [3.63, 3.8) is 0 Å². The van der Waals surface area contributed by atoms with E-state index < -0.39 is 0 Å². The van der Waals surface area contributed by atoms with Gasteiger partial charge < -0.3 is 0 Å². The summed E-state index contributed by atoms with van der Waals surface area (Å²) in [5.74, 6) is 0. The van der Waals surface area contributed by atoms with Crippen LogP contribution in [-0.2, 0) is 6.42 Å². The van der Waals surface area contributed by atoms with E-state index in [0.29, 0.717) is 0 Å². The van der Waals surface area contributed by atoms with Crippen molar-refractivity contribution in [3.8, 4) is 0 Å². The zero-order valence-electron chi connectivity index (χ0n) is 9.56. The van der Waals surface area contributed by atoms with Crippen LogP contribution in [-0.4, -0.2) is 0 Å². The summed E-state index contributed by atoms with van der Waals surface area (Å²) in [7, 11) is 0. The standard InChI is InChI=1S/C16H16/c1-14(16-10-6-3-7-11-16)12-13-15-8-4-2-5-9-15/h2-12H,13H2,1H3/b14-12+. The Hall–Kier alpha value is -1.82. The predicted molar refractivity (Wildman–Crippen MR) is 70.2 cm³/mol. The highest BCUT2D eigenvalue weighted by Crippen LogP contribution is 2.14. The number of allylic oxidation sites excluding steroid dienone is 2. The molecule has 0 spiro atoms. The van der Waals surface area contributed by atoms with E-state index in [2.05, 4.69) is 67.6 Å². The first-order chi connectivity index (χ1) is 7.86. The lowest BCUT2D eigenvalue weighted by atomic mass is 10.0. The summed E-state index contributed by atoms with van der Waals surface area (Å²) in [5.41, 5.74) is 4.00. The van der Waals surface area contributed by atoms with Gasteiger partial charge in [-0.25, -0.2) is 0 Å². The molecule has 0 heteroatoms. The fourth-order valence-electron chi connectivity index (χ4n) is 1.70. The molecular formula is C16H16. The molecule has 0 N–H and O–H groups in total. The average Bonchev–Trinajstić information content (AvgIpc) is 2.38. The van der Waals surface area contributed by atoms with Gasteiger partial charge in [0, 0.05) is 0 Å². The maximum atomic E-state index is 2.28. The van der Waals surface area contributed by atoms with E-state index in [0.717, 1.165) is 6.42 Å². The van der Waals surface area contributed by atoms with E-state index in [1.165, 1.54) is 16.7 Å². The number of benzene rings is 2. The third kappa shape index (κ3) is 2.83. The first-order valence-corrected chi connectivity index (χ1v) is 5.62. The molecule has 0 unspecified atom stereocenters. The molecule has 0 aliphatic carbocycles. The first kappa shape index (κ1) is 10.7. The summed E-state index contributed by atoms with van der Waals surface area (Å²) in [5, 5.41) is 0. The zero-order valence-corrected chi connectivity index (χ0v) is 9.56. The van der Waals surface area contributed by atoms with Crippen molar-refractivity contribution < 1.29 is 0 Å². The predicted octanol–water partition coefficient (Wildman–Crippen LogP) is 4.33. The summed E-state index contributed by atoms with van der Waals surface area (Å²) in [6.07, 6.45) is 3.28. The molecule has 0 aliphatic heterocycles. The monoisotopic (exact) mass is 208 g/mol. The summed E-state index contributed by atoms with van der Waals surface area (Å²) >= 11 is 0. The van der Waals surface area contributed by atoms with Gasteiger partial charge in [-0.3, -0.25) is 0 Å². The van der Waals surface area contributed by atoms with Crippen molar-refractivity contribution in [2.45, 2.75) is 13.3 Å². The molecule has 0 aromatic heterocycles. The van der Waals surface area contributed by atoms with Crippen LogP contribution in [0.4, 0.5) is 0 Å². The Bertz CT molecular complexity index is 452. The molecule has 0 fully saturated rings. The van der Waals surface area contributed by atoms with Crippen LogP contribution < -0.4 is 0 Å². The highest BCUT2D eigenvalue weighted by molar-refractivity contribution is 5.63. The Labute approximate surface area is 97.3 Å². The highest BCUT2D eigenvalue weighted by Gasteiger charge is 1.93. The lowest BCUT2D eigenvalue weighted by molar-refractivity contribution is 1.27. The van der Waals surface area contributed by atoms with Crippen LogP contribution in [0, 0.1) is 0 Å². The van der Waals surface area contributed by atoms with E-state index in [1.807, 2.05) is 6.07 Å². The van der Waals surface area contributed by atoms with Crippen LogP contribution in [0.3, 0.4) is 0 Å². The SMILES string of the molecule is C/C(=C\Cc1ccccc1)c1ccccc1. The van der Waals surface area contributed by atoms with Gasteiger partial charge in [-0.2, -0.15) is 0 Å². The Morgan fingerprint density at radius 3 is 2.06 bits per heavy atom. The minimum absolute atomic E-state index is 1.00. The fourth-order valence-corrected chi connectivity index (χ4v) is 1.70. The van der Waals surface area contributed by atoms with Gasteiger partial charge in [0.1, 0.15) is 0 Å². The van der Waals surface area contributed by atoms with Crippen LogP contribution in [0.1, 0.15) is 18.1 Å². The summed E-state index contributed by atoms with van der Waals surface area (Å²) in [4.78, 5) is 0. The van der Waals surface area contributed by atoms with Gasteiger partial charge >= 0.3 is 0 Å². The van der Waals surface area contributed by atoms with E-state index in [1.54, 1.807) is 0 Å². The first-order valence-electron chi connectivity index (χ1n) is 5.62. The molecule has 2 aromatic rings. The second-order valence-corrected chi connectivity index (χ2v) is 3.94. The van der Waals surface area contributed by atoms with Gasteiger partial charge in [-0.05, 0) is 30.0 Å². The normalized spacial score (nSPS) is 11.4. The molecular weight excluding hydrogens is 192 g/mol. The molecule has 80 valence electrons. The van der Waals surface area contributed by atoms with Crippen LogP contribution >= 0.6 is 0 Å². The highest BCUT2D eigenvalue weighted by atomic mass is 14.0. The number of hydrogen-bond acceptors (Lipinski definition) is 0. The summed E-state index contributed by atoms with van der Waals surface area (Å²) in [6.45, 7) is 2.16. The molecule has 0 nitrogen and oxygen atoms in total. The molecule has 0 saturated carbocycles. The van der Waals surface area contributed by atoms with Crippen molar-refractivity contribution in [3.05, 3.63) is 77.9 Å². The van der Waals surface area contributed by atoms with E-state index in [-0.39, 0.29) is 0 Å². The largest absolute Gasteiger partial charge is 0.0766 e.